The van der Waals surface area contributed by atoms with E-state index in [1.807, 2.05) is 6.08 Å². The number of allylic oxidation sites excluding steroid dienone is 2. The van der Waals surface area contributed by atoms with Gasteiger partial charge in [0.1, 0.15) is 0 Å². The Labute approximate surface area is 76.3 Å². The Kier molecular flexibility index (Phi) is 3.34. The van der Waals surface area contributed by atoms with Crippen molar-refractivity contribution >= 4 is 15.9 Å². The Morgan fingerprint density at radius 3 is 3.00 bits per heavy atom. The lowest BCUT2D eigenvalue weighted by molar-refractivity contribution is 0.0931. The molecule has 0 radical (unpaired) electrons. The van der Waals surface area contributed by atoms with E-state index in [1.54, 1.807) is 7.11 Å². The molecule has 0 aromatic carbocycles. The molecule has 0 aliphatic heterocycles. The second-order valence-electron chi connectivity index (χ2n) is 2.73. The lowest BCUT2D eigenvalue weighted by Gasteiger charge is -2.21. The summed E-state index contributed by atoms with van der Waals surface area (Å²) in [5.74, 6) is 0. The molecule has 62 valence electrons. The molecule has 2 heteroatoms. The van der Waals surface area contributed by atoms with Gasteiger partial charge in [-0.05, 0) is 29.3 Å². The standard InChI is InChI=1S/C9H13BrO/c1-3-7-6-8(11-2)4-5-9(7)10/h3,8H,1,4-6H2,2H3. The van der Waals surface area contributed by atoms with Crippen molar-refractivity contribution in [3.63, 3.8) is 0 Å². The Balaban J connectivity index is 2.65. The highest BCUT2D eigenvalue weighted by molar-refractivity contribution is 9.11. The molecule has 0 saturated carbocycles. The molecule has 1 nitrogen and oxygen atoms in total. The summed E-state index contributed by atoms with van der Waals surface area (Å²) in [6, 6.07) is 0. The molecule has 0 aromatic rings. The third-order valence-electron chi connectivity index (χ3n) is 2.06. The molecule has 0 amide bonds. The van der Waals surface area contributed by atoms with Crippen LogP contribution in [0.25, 0.3) is 0 Å². The van der Waals surface area contributed by atoms with Crippen LogP contribution in [0.15, 0.2) is 22.7 Å². The monoisotopic (exact) mass is 216 g/mol. The average Bonchev–Trinajstić information content (AvgIpc) is 2.05. The molecule has 0 saturated heterocycles. The van der Waals surface area contributed by atoms with Crippen LogP contribution in [0, 0.1) is 0 Å². The zero-order valence-electron chi connectivity index (χ0n) is 6.77. The summed E-state index contributed by atoms with van der Waals surface area (Å²) in [5.41, 5.74) is 1.29. The van der Waals surface area contributed by atoms with E-state index in [0.717, 1.165) is 19.3 Å². The minimum Gasteiger partial charge on any atom is -0.381 e. The van der Waals surface area contributed by atoms with Gasteiger partial charge in [-0.2, -0.15) is 0 Å². The number of hydrogen-bond donors (Lipinski definition) is 0. The number of ether oxygens (including phenoxy) is 1. The van der Waals surface area contributed by atoms with Crippen molar-refractivity contribution in [3.05, 3.63) is 22.7 Å². The maximum Gasteiger partial charge on any atom is 0.0615 e. The molecule has 0 bridgehead atoms. The van der Waals surface area contributed by atoms with Crippen LogP contribution < -0.4 is 0 Å². The quantitative estimate of drug-likeness (QED) is 0.690. The first-order valence-corrected chi connectivity index (χ1v) is 4.60. The smallest absolute Gasteiger partial charge is 0.0615 e. The van der Waals surface area contributed by atoms with E-state index in [1.165, 1.54) is 10.1 Å². The molecule has 1 unspecified atom stereocenters. The van der Waals surface area contributed by atoms with Gasteiger partial charge in [-0.25, -0.2) is 0 Å². The van der Waals surface area contributed by atoms with E-state index >= 15 is 0 Å². The Bertz CT molecular complexity index is 184. The molecular formula is C9H13BrO. The van der Waals surface area contributed by atoms with Gasteiger partial charge < -0.3 is 4.74 Å². The zero-order chi connectivity index (χ0) is 8.27. The molecule has 0 fully saturated rings. The topological polar surface area (TPSA) is 9.23 Å². The van der Waals surface area contributed by atoms with E-state index < -0.39 is 0 Å². The van der Waals surface area contributed by atoms with E-state index in [2.05, 4.69) is 22.5 Å². The highest BCUT2D eigenvalue weighted by atomic mass is 79.9. The number of hydrogen-bond acceptors (Lipinski definition) is 1. The maximum atomic E-state index is 5.27. The first-order chi connectivity index (χ1) is 5.27. The molecular weight excluding hydrogens is 204 g/mol. The first kappa shape index (κ1) is 9.01. The highest BCUT2D eigenvalue weighted by Crippen LogP contribution is 2.30. The summed E-state index contributed by atoms with van der Waals surface area (Å²) in [6.07, 6.45) is 5.51. The molecule has 0 heterocycles. The van der Waals surface area contributed by atoms with Crippen molar-refractivity contribution < 1.29 is 4.74 Å². The van der Waals surface area contributed by atoms with E-state index in [9.17, 15) is 0 Å². The van der Waals surface area contributed by atoms with Crippen molar-refractivity contribution in [1.82, 2.24) is 0 Å². The fraction of sp³-hybridized carbons (Fsp3) is 0.556. The van der Waals surface area contributed by atoms with Crippen molar-refractivity contribution in [2.75, 3.05) is 7.11 Å². The molecule has 11 heavy (non-hydrogen) atoms. The molecule has 0 spiro atoms. The molecule has 0 N–H and O–H groups in total. The average molecular weight is 217 g/mol. The molecule has 1 aliphatic carbocycles. The van der Waals surface area contributed by atoms with Gasteiger partial charge in [0, 0.05) is 7.11 Å². The zero-order valence-corrected chi connectivity index (χ0v) is 8.36. The fourth-order valence-corrected chi connectivity index (χ4v) is 1.85. The van der Waals surface area contributed by atoms with Crippen molar-refractivity contribution in [2.24, 2.45) is 0 Å². The van der Waals surface area contributed by atoms with Crippen LogP contribution in [0.3, 0.4) is 0 Å². The van der Waals surface area contributed by atoms with E-state index in [-0.39, 0.29) is 0 Å². The van der Waals surface area contributed by atoms with Gasteiger partial charge >= 0.3 is 0 Å². The van der Waals surface area contributed by atoms with Crippen molar-refractivity contribution in [1.29, 1.82) is 0 Å². The minimum atomic E-state index is 0.393. The van der Waals surface area contributed by atoms with E-state index in [4.69, 9.17) is 4.74 Å². The largest absolute Gasteiger partial charge is 0.381 e. The third-order valence-corrected chi connectivity index (χ3v) is 2.97. The van der Waals surface area contributed by atoms with Crippen LogP contribution in [-0.4, -0.2) is 13.2 Å². The van der Waals surface area contributed by atoms with Crippen molar-refractivity contribution in [2.45, 2.75) is 25.4 Å². The highest BCUT2D eigenvalue weighted by Gasteiger charge is 2.16. The van der Waals surface area contributed by atoms with Crippen molar-refractivity contribution in [3.8, 4) is 0 Å². The molecule has 1 aliphatic rings. The molecule has 1 atom stereocenters. The summed E-state index contributed by atoms with van der Waals surface area (Å²) in [5, 5.41) is 0. The predicted octanol–water partition coefficient (Wildman–Crippen LogP) is 3.02. The Hall–Kier alpha value is -0.0800. The van der Waals surface area contributed by atoms with Crippen LogP contribution in [0.1, 0.15) is 19.3 Å². The fourth-order valence-electron chi connectivity index (χ4n) is 1.30. The summed E-state index contributed by atoms with van der Waals surface area (Å²) in [6.45, 7) is 3.76. The van der Waals surface area contributed by atoms with E-state index in [0.29, 0.717) is 6.10 Å². The van der Waals surface area contributed by atoms with Gasteiger partial charge in [-0.3, -0.25) is 0 Å². The molecule has 1 rings (SSSR count). The third kappa shape index (κ3) is 2.17. The second kappa shape index (κ2) is 4.07. The summed E-state index contributed by atoms with van der Waals surface area (Å²) in [4.78, 5) is 0. The van der Waals surface area contributed by atoms with Gasteiger partial charge in [-0.1, -0.05) is 28.6 Å². The normalized spacial score (nSPS) is 25.5. The van der Waals surface area contributed by atoms with Gasteiger partial charge in [0.25, 0.3) is 0 Å². The predicted molar refractivity (Wildman–Crippen MR) is 50.8 cm³/mol. The lowest BCUT2D eigenvalue weighted by Crippen LogP contribution is -2.15. The Morgan fingerprint density at radius 2 is 2.45 bits per heavy atom. The summed E-state index contributed by atoms with van der Waals surface area (Å²) in [7, 11) is 1.77. The lowest BCUT2D eigenvalue weighted by atomic mass is 9.97. The van der Waals surface area contributed by atoms with Gasteiger partial charge in [0.05, 0.1) is 6.10 Å². The number of rotatable bonds is 2. The van der Waals surface area contributed by atoms with Crippen LogP contribution in [-0.2, 0) is 4.74 Å². The van der Waals surface area contributed by atoms with Crippen LogP contribution >= 0.6 is 15.9 Å². The summed E-state index contributed by atoms with van der Waals surface area (Å²) >= 11 is 3.52. The minimum absolute atomic E-state index is 0.393. The van der Waals surface area contributed by atoms with Gasteiger partial charge in [0.2, 0.25) is 0 Å². The second-order valence-corrected chi connectivity index (χ2v) is 3.69. The number of methoxy groups -OCH3 is 1. The summed E-state index contributed by atoms with van der Waals surface area (Å²) < 4.78 is 6.56. The van der Waals surface area contributed by atoms with Crippen LogP contribution in [0.2, 0.25) is 0 Å². The Morgan fingerprint density at radius 1 is 1.73 bits per heavy atom. The van der Waals surface area contributed by atoms with Crippen LogP contribution in [0.5, 0.6) is 0 Å². The van der Waals surface area contributed by atoms with Gasteiger partial charge in [-0.15, -0.1) is 0 Å². The molecule has 0 aromatic heterocycles. The van der Waals surface area contributed by atoms with Crippen LogP contribution in [0.4, 0.5) is 0 Å². The first-order valence-electron chi connectivity index (χ1n) is 3.80. The van der Waals surface area contributed by atoms with Gasteiger partial charge in [0.15, 0.2) is 0 Å². The SMILES string of the molecule is C=CC1=C(Br)CCC(OC)C1. The maximum absolute atomic E-state index is 5.27. The number of halogens is 1.